The molecule has 9 nitrogen and oxygen atoms in total. The average molecular weight is 455 g/mol. The van der Waals surface area contributed by atoms with Crippen LogP contribution in [-0.2, 0) is 16.6 Å². The fraction of sp³-hybridized carbons (Fsp3) is 0.136. The molecular weight excluding hydrogens is 432 g/mol. The average Bonchev–Trinajstić information content (AvgIpc) is 2.75. The van der Waals surface area contributed by atoms with Gasteiger partial charge in [-0.15, -0.1) is 0 Å². The third kappa shape index (κ3) is 5.82. The topological polar surface area (TPSA) is 140 Å². The zero-order valence-corrected chi connectivity index (χ0v) is 18.2. The number of phenols is 1. The van der Waals surface area contributed by atoms with Gasteiger partial charge in [-0.2, -0.15) is 10.2 Å². The molecule has 0 atom stereocenters. The van der Waals surface area contributed by atoms with E-state index < -0.39 is 16.1 Å². The number of anilines is 1. The number of rotatable bonds is 7. The maximum Gasteiger partial charge on any atom is 0.404 e. The van der Waals surface area contributed by atoms with Crippen molar-refractivity contribution in [2.75, 3.05) is 4.72 Å². The minimum atomic E-state index is -3.81. The van der Waals surface area contributed by atoms with Gasteiger partial charge < -0.3 is 15.5 Å². The molecule has 0 aliphatic carbocycles. The summed E-state index contributed by atoms with van der Waals surface area (Å²) in [7, 11) is -3.81. The van der Waals surface area contributed by atoms with E-state index in [0.29, 0.717) is 33.8 Å². The molecule has 0 unspecified atom stereocenters. The first-order valence-electron chi connectivity index (χ1n) is 9.54. The standard InChI is InChI=1S/C22H22N4O5S/c1-14-11-19(12-15(2)21(14)27)25-24-17-7-9-20(10-8-17)32(30,31)26-18-5-3-16(4-6-18)13-23-22(28)29/h3-12,23,26-27H,13H2,1-2H3,(H,28,29). The summed E-state index contributed by atoms with van der Waals surface area (Å²) in [5.74, 6) is 0.220. The van der Waals surface area contributed by atoms with Crippen LogP contribution in [0.15, 0.2) is 75.8 Å². The second-order valence-electron chi connectivity index (χ2n) is 7.08. The van der Waals surface area contributed by atoms with Gasteiger partial charge in [-0.05, 0) is 79.1 Å². The molecule has 10 heteroatoms. The van der Waals surface area contributed by atoms with Crippen molar-refractivity contribution in [2.24, 2.45) is 10.2 Å². The van der Waals surface area contributed by atoms with E-state index >= 15 is 0 Å². The van der Waals surface area contributed by atoms with Crippen LogP contribution in [0.25, 0.3) is 0 Å². The van der Waals surface area contributed by atoms with Crippen molar-refractivity contribution in [2.45, 2.75) is 25.3 Å². The van der Waals surface area contributed by atoms with Crippen molar-refractivity contribution >= 4 is 33.2 Å². The third-order valence-electron chi connectivity index (χ3n) is 4.55. The van der Waals surface area contributed by atoms with Crippen LogP contribution in [0.2, 0.25) is 0 Å². The summed E-state index contributed by atoms with van der Waals surface area (Å²) >= 11 is 0. The summed E-state index contributed by atoms with van der Waals surface area (Å²) in [6.45, 7) is 3.67. The summed E-state index contributed by atoms with van der Waals surface area (Å²) in [5, 5.41) is 28.9. The number of phenolic OH excluding ortho intramolecular Hbond substituents is 1. The Kier molecular flexibility index (Phi) is 6.74. The Morgan fingerprint density at radius 3 is 2.03 bits per heavy atom. The molecule has 3 aromatic rings. The van der Waals surface area contributed by atoms with Crippen LogP contribution >= 0.6 is 0 Å². The van der Waals surface area contributed by atoms with E-state index in [9.17, 15) is 18.3 Å². The lowest BCUT2D eigenvalue weighted by Gasteiger charge is -2.09. The zero-order valence-electron chi connectivity index (χ0n) is 17.4. The van der Waals surface area contributed by atoms with Crippen LogP contribution in [0.1, 0.15) is 16.7 Å². The van der Waals surface area contributed by atoms with Crippen molar-refractivity contribution in [3.05, 3.63) is 77.4 Å². The highest BCUT2D eigenvalue weighted by molar-refractivity contribution is 7.92. The summed E-state index contributed by atoms with van der Waals surface area (Å²) in [4.78, 5) is 10.6. The van der Waals surface area contributed by atoms with Gasteiger partial charge in [-0.3, -0.25) is 4.72 Å². The van der Waals surface area contributed by atoms with Gasteiger partial charge in [0.25, 0.3) is 10.0 Å². The van der Waals surface area contributed by atoms with Crippen LogP contribution in [0.5, 0.6) is 5.75 Å². The molecule has 0 saturated heterocycles. The molecule has 0 fully saturated rings. The second-order valence-corrected chi connectivity index (χ2v) is 8.77. The number of sulfonamides is 1. The summed E-state index contributed by atoms with van der Waals surface area (Å²) < 4.78 is 27.7. The van der Waals surface area contributed by atoms with E-state index in [1.165, 1.54) is 12.1 Å². The van der Waals surface area contributed by atoms with Crippen LogP contribution < -0.4 is 10.0 Å². The largest absolute Gasteiger partial charge is 0.507 e. The van der Waals surface area contributed by atoms with Crippen LogP contribution in [0.3, 0.4) is 0 Å². The molecule has 4 N–H and O–H groups in total. The number of hydrogen-bond acceptors (Lipinski definition) is 6. The van der Waals surface area contributed by atoms with Gasteiger partial charge in [0.1, 0.15) is 5.75 Å². The quantitative estimate of drug-likeness (QED) is 0.372. The number of nitrogens with one attached hydrogen (secondary N) is 2. The first-order chi connectivity index (χ1) is 15.1. The lowest BCUT2D eigenvalue weighted by Crippen LogP contribution is -2.19. The number of aromatic hydroxyl groups is 1. The SMILES string of the molecule is Cc1cc(N=Nc2ccc(S(=O)(=O)Nc3ccc(CNC(=O)O)cc3)cc2)cc(C)c1O. The normalized spacial score (nSPS) is 11.4. The van der Waals surface area contributed by atoms with Gasteiger partial charge in [0.2, 0.25) is 0 Å². The Morgan fingerprint density at radius 1 is 0.906 bits per heavy atom. The molecule has 166 valence electrons. The first kappa shape index (κ1) is 22.8. The van der Waals surface area contributed by atoms with E-state index in [4.69, 9.17) is 5.11 Å². The second kappa shape index (κ2) is 9.48. The molecule has 0 radical (unpaired) electrons. The zero-order chi connectivity index (χ0) is 23.3. The maximum atomic E-state index is 12.6. The van der Waals surface area contributed by atoms with Gasteiger partial charge in [0.15, 0.2) is 0 Å². The third-order valence-corrected chi connectivity index (χ3v) is 5.95. The molecule has 0 bridgehead atoms. The van der Waals surface area contributed by atoms with Crippen molar-refractivity contribution in [1.82, 2.24) is 5.32 Å². The Labute approximate surface area is 185 Å². The van der Waals surface area contributed by atoms with Crippen LogP contribution in [0.4, 0.5) is 21.9 Å². The smallest absolute Gasteiger partial charge is 0.404 e. The molecule has 32 heavy (non-hydrogen) atoms. The van der Waals surface area contributed by atoms with Crippen LogP contribution in [0, 0.1) is 13.8 Å². The minimum absolute atomic E-state index is 0.0596. The van der Waals surface area contributed by atoms with E-state index in [1.54, 1.807) is 62.4 Å². The number of carbonyl (C=O) groups is 1. The number of azo groups is 1. The Morgan fingerprint density at radius 2 is 1.47 bits per heavy atom. The number of benzene rings is 3. The first-order valence-corrected chi connectivity index (χ1v) is 11.0. The monoisotopic (exact) mass is 454 g/mol. The predicted molar refractivity (Wildman–Crippen MR) is 120 cm³/mol. The molecule has 1 amide bonds. The molecular formula is C22H22N4O5S. The summed E-state index contributed by atoms with van der Waals surface area (Å²) in [5.41, 5.74) is 3.49. The van der Waals surface area contributed by atoms with Gasteiger partial charge in [-0.25, -0.2) is 13.2 Å². The lowest BCUT2D eigenvalue weighted by atomic mass is 10.1. The van der Waals surface area contributed by atoms with Crippen LogP contribution in [-0.4, -0.2) is 24.7 Å². The Balaban J connectivity index is 1.68. The fourth-order valence-electron chi connectivity index (χ4n) is 2.88. The van der Waals surface area contributed by atoms with Gasteiger partial charge in [0.05, 0.1) is 16.3 Å². The molecule has 0 aromatic heterocycles. The predicted octanol–water partition coefficient (Wildman–Crippen LogP) is 4.99. The summed E-state index contributed by atoms with van der Waals surface area (Å²) in [6, 6.07) is 15.7. The summed E-state index contributed by atoms with van der Waals surface area (Å²) in [6.07, 6.45) is -1.13. The van der Waals surface area contributed by atoms with Gasteiger partial charge in [0, 0.05) is 12.2 Å². The molecule has 0 spiro atoms. The molecule has 3 rings (SSSR count). The van der Waals surface area contributed by atoms with Gasteiger partial charge in [-0.1, -0.05) is 12.1 Å². The van der Waals surface area contributed by atoms with E-state index in [0.717, 1.165) is 0 Å². The molecule has 0 saturated carbocycles. The molecule has 0 aliphatic heterocycles. The van der Waals surface area contributed by atoms with Crippen molar-refractivity contribution < 1.29 is 23.4 Å². The molecule has 3 aromatic carbocycles. The molecule has 0 aliphatic rings. The highest BCUT2D eigenvalue weighted by Gasteiger charge is 2.14. The van der Waals surface area contributed by atoms with Crippen molar-refractivity contribution in [3.8, 4) is 5.75 Å². The highest BCUT2D eigenvalue weighted by atomic mass is 32.2. The molecule has 0 heterocycles. The Hall–Kier alpha value is -3.92. The minimum Gasteiger partial charge on any atom is -0.507 e. The number of amides is 1. The van der Waals surface area contributed by atoms with E-state index in [2.05, 4.69) is 20.3 Å². The maximum absolute atomic E-state index is 12.6. The van der Waals surface area contributed by atoms with Crippen molar-refractivity contribution in [3.63, 3.8) is 0 Å². The highest BCUT2D eigenvalue weighted by Crippen LogP contribution is 2.28. The number of hydrogen-bond donors (Lipinski definition) is 4. The van der Waals surface area contributed by atoms with Gasteiger partial charge >= 0.3 is 6.09 Å². The number of carboxylic acid groups (broad SMARTS) is 1. The van der Waals surface area contributed by atoms with E-state index in [-0.39, 0.29) is 17.2 Å². The number of aryl methyl sites for hydroxylation is 2. The lowest BCUT2D eigenvalue weighted by molar-refractivity contribution is 0.194. The number of nitrogens with zero attached hydrogens (tertiary/aromatic N) is 2. The fourth-order valence-corrected chi connectivity index (χ4v) is 3.94. The Bertz CT molecular complexity index is 1230. The van der Waals surface area contributed by atoms with Crippen molar-refractivity contribution in [1.29, 1.82) is 0 Å². The van der Waals surface area contributed by atoms with E-state index in [1.807, 2.05) is 0 Å².